The van der Waals surface area contributed by atoms with Gasteiger partial charge in [-0.05, 0) is 25.7 Å². The van der Waals surface area contributed by atoms with E-state index in [1.54, 1.807) is 0 Å². The zero-order valence-electron chi connectivity index (χ0n) is 17.1. The van der Waals surface area contributed by atoms with Gasteiger partial charge in [0.15, 0.2) is 0 Å². The molecule has 26 heavy (non-hydrogen) atoms. The van der Waals surface area contributed by atoms with Crippen LogP contribution in [0.2, 0.25) is 0 Å². The Kier molecular flexibility index (Phi) is 13.3. The Morgan fingerprint density at radius 1 is 0.654 bits per heavy atom. The van der Waals surface area contributed by atoms with Crippen molar-refractivity contribution in [2.24, 2.45) is 11.8 Å². The smallest absolute Gasteiger partial charge is 0.309 e. The van der Waals surface area contributed by atoms with Crippen LogP contribution >= 0.6 is 0 Å². The second-order valence-electron chi connectivity index (χ2n) is 7.66. The van der Waals surface area contributed by atoms with Crippen molar-refractivity contribution in [3.8, 4) is 0 Å². The van der Waals surface area contributed by atoms with E-state index in [1.807, 2.05) is 0 Å². The van der Waals surface area contributed by atoms with E-state index in [-0.39, 0.29) is 23.8 Å². The predicted octanol–water partition coefficient (Wildman–Crippen LogP) is 5.82. The normalized spacial score (nSPS) is 19.9. The van der Waals surface area contributed by atoms with E-state index < -0.39 is 0 Å². The molecular weight excluding hydrogens is 328 g/mol. The van der Waals surface area contributed by atoms with Gasteiger partial charge in [0.25, 0.3) is 0 Å². The van der Waals surface area contributed by atoms with Crippen LogP contribution in [-0.4, -0.2) is 25.2 Å². The molecule has 2 unspecified atom stereocenters. The first-order valence-electron chi connectivity index (χ1n) is 11.0. The molecule has 0 radical (unpaired) electrons. The molecule has 0 aliphatic heterocycles. The van der Waals surface area contributed by atoms with E-state index in [4.69, 9.17) is 9.47 Å². The van der Waals surface area contributed by atoms with Gasteiger partial charge in [0.05, 0.1) is 25.0 Å². The number of hydrogen-bond acceptors (Lipinski definition) is 4. The Bertz CT molecular complexity index is 380. The molecule has 0 spiro atoms. The predicted molar refractivity (Wildman–Crippen MR) is 105 cm³/mol. The van der Waals surface area contributed by atoms with Crippen molar-refractivity contribution in [3.05, 3.63) is 0 Å². The SMILES string of the molecule is CCCCCCCCOC(=O)C1CCCCC1C(=O)OCCCCCC. The summed E-state index contributed by atoms with van der Waals surface area (Å²) in [6.07, 6.45) is 14.9. The van der Waals surface area contributed by atoms with Crippen molar-refractivity contribution < 1.29 is 19.1 Å². The number of hydrogen-bond donors (Lipinski definition) is 0. The summed E-state index contributed by atoms with van der Waals surface area (Å²) in [7, 11) is 0. The Morgan fingerprint density at radius 3 is 1.50 bits per heavy atom. The minimum absolute atomic E-state index is 0.189. The highest BCUT2D eigenvalue weighted by Crippen LogP contribution is 2.32. The minimum atomic E-state index is -0.299. The molecule has 0 saturated heterocycles. The lowest BCUT2D eigenvalue weighted by Gasteiger charge is -2.28. The van der Waals surface area contributed by atoms with Gasteiger partial charge in [-0.2, -0.15) is 0 Å². The molecule has 1 aliphatic carbocycles. The van der Waals surface area contributed by atoms with Crippen LogP contribution in [0.1, 0.15) is 104 Å². The molecule has 0 N–H and O–H groups in total. The van der Waals surface area contributed by atoms with Crippen LogP contribution in [0, 0.1) is 11.8 Å². The summed E-state index contributed by atoms with van der Waals surface area (Å²) in [5, 5.41) is 0. The third kappa shape index (κ3) is 9.59. The van der Waals surface area contributed by atoms with Gasteiger partial charge >= 0.3 is 11.9 Å². The number of rotatable bonds is 14. The second-order valence-corrected chi connectivity index (χ2v) is 7.66. The molecule has 0 bridgehead atoms. The van der Waals surface area contributed by atoms with E-state index >= 15 is 0 Å². The highest BCUT2D eigenvalue weighted by atomic mass is 16.5. The van der Waals surface area contributed by atoms with Crippen LogP contribution in [0.25, 0.3) is 0 Å². The quantitative estimate of drug-likeness (QED) is 0.286. The molecule has 0 aromatic rings. The lowest BCUT2D eigenvalue weighted by atomic mass is 9.79. The molecule has 4 nitrogen and oxygen atoms in total. The molecule has 0 aromatic carbocycles. The van der Waals surface area contributed by atoms with Gasteiger partial charge in [-0.1, -0.05) is 78.1 Å². The van der Waals surface area contributed by atoms with Crippen LogP contribution in [-0.2, 0) is 19.1 Å². The molecule has 1 aliphatic rings. The molecule has 0 heterocycles. The van der Waals surface area contributed by atoms with Crippen molar-refractivity contribution in [2.45, 2.75) is 104 Å². The van der Waals surface area contributed by atoms with Crippen LogP contribution in [0.4, 0.5) is 0 Å². The fraction of sp³-hybridized carbons (Fsp3) is 0.909. The van der Waals surface area contributed by atoms with Crippen molar-refractivity contribution >= 4 is 11.9 Å². The third-order valence-corrected chi connectivity index (χ3v) is 5.36. The van der Waals surface area contributed by atoms with Gasteiger partial charge in [-0.3, -0.25) is 9.59 Å². The Balaban J connectivity index is 2.27. The number of carbonyl (C=O) groups excluding carboxylic acids is 2. The lowest BCUT2D eigenvalue weighted by molar-refractivity contribution is -0.163. The van der Waals surface area contributed by atoms with E-state index in [0.717, 1.165) is 51.4 Å². The number of esters is 2. The first kappa shape index (κ1) is 23.0. The lowest BCUT2D eigenvalue weighted by Crippen LogP contribution is -2.35. The van der Waals surface area contributed by atoms with Gasteiger partial charge in [0, 0.05) is 0 Å². The topological polar surface area (TPSA) is 52.6 Å². The Hall–Kier alpha value is -1.06. The zero-order chi connectivity index (χ0) is 19.0. The molecule has 0 amide bonds. The highest BCUT2D eigenvalue weighted by molar-refractivity contribution is 5.82. The maximum absolute atomic E-state index is 12.4. The molecule has 4 heteroatoms. The van der Waals surface area contributed by atoms with E-state index in [0.29, 0.717) is 13.2 Å². The van der Waals surface area contributed by atoms with Crippen molar-refractivity contribution in [1.82, 2.24) is 0 Å². The molecule has 1 fully saturated rings. The summed E-state index contributed by atoms with van der Waals surface area (Å²) < 4.78 is 10.9. The summed E-state index contributed by atoms with van der Waals surface area (Å²) in [6.45, 7) is 5.34. The summed E-state index contributed by atoms with van der Waals surface area (Å²) in [6, 6.07) is 0. The van der Waals surface area contributed by atoms with Gasteiger partial charge < -0.3 is 9.47 Å². The van der Waals surface area contributed by atoms with Gasteiger partial charge in [-0.25, -0.2) is 0 Å². The molecular formula is C22H40O4. The second kappa shape index (κ2) is 15.0. The maximum atomic E-state index is 12.4. The first-order valence-corrected chi connectivity index (χ1v) is 11.0. The summed E-state index contributed by atoms with van der Waals surface area (Å²) in [4.78, 5) is 24.8. The zero-order valence-corrected chi connectivity index (χ0v) is 17.1. The van der Waals surface area contributed by atoms with Crippen molar-refractivity contribution in [1.29, 1.82) is 0 Å². The van der Waals surface area contributed by atoms with Crippen LogP contribution in [0.15, 0.2) is 0 Å². The van der Waals surface area contributed by atoms with Gasteiger partial charge in [-0.15, -0.1) is 0 Å². The Labute approximate surface area is 160 Å². The van der Waals surface area contributed by atoms with Crippen LogP contribution in [0.5, 0.6) is 0 Å². The van der Waals surface area contributed by atoms with Crippen LogP contribution in [0.3, 0.4) is 0 Å². The van der Waals surface area contributed by atoms with Crippen molar-refractivity contribution in [3.63, 3.8) is 0 Å². The van der Waals surface area contributed by atoms with E-state index in [1.165, 1.54) is 38.5 Å². The van der Waals surface area contributed by atoms with Gasteiger partial charge in [0.1, 0.15) is 0 Å². The van der Waals surface area contributed by atoms with E-state index in [2.05, 4.69) is 13.8 Å². The number of ether oxygens (including phenoxy) is 2. The summed E-state index contributed by atoms with van der Waals surface area (Å²) in [5.41, 5.74) is 0. The summed E-state index contributed by atoms with van der Waals surface area (Å²) in [5.74, 6) is -0.979. The molecule has 2 atom stereocenters. The first-order chi connectivity index (χ1) is 12.7. The maximum Gasteiger partial charge on any atom is 0.309 e. The molecule has 0 aromatic heterocycles. The van der Waals surface area contributed by atoms with E-state index in [9.17, 15) is 9.59 Å². The molecule has 152 valence electrons. The van der Waals surface area contributed by atoms with Crippen LogP contribution < -0.4 is 0 Å². The molecule has 1 rings (SSSR count). The number of carbonyl (C=O) groups is 2. The van der Waals surface area contributed by atoms with Crippen molar-refractivity contribution in [2.75, 3.05) is 13.2 Å². The summed E-state index contributed by atoms with van der Waals surface area (Å²) >= 11 is 0. The average Bonchev–Trinajstić information content (AvgIpc) is 2.66. The monoisotopic (exact) mass is 368 g/mol. The van der Waals surface area contributed by atoms with Gasteiger partial charge in [0.2, 0.25) is 0 Å². The fourth-order valence-electron chi connectivity index (χ4n) is 3.67. The largest absolute Gasteiger partial charge is 0.465 e. The third-order valence-electron chi connectivity index (χ3n) is 5.36. The highest BCUT2D eigenvalue weighted by Gasteiger charge is 2.37. The fourth-order valence-corrected chi connectivity index (χ4v) is 3.67. The molecule has 1 saturated carbocycles. The standard InChI is InChI=1S/C22H40O4/c1-3-5-7-9-10-14-18-26-22(24)20-16-12-11-15-19(20)21(23)25-17-13-8-6-4-2/h19-20H,3-18H2,1-2H3. The number of unbranched alkanes of at least 4 members (excludes halogenated alkanes) is 8. The average molecular weight is 369 g/mol. The Morgan fingerprint density at radius 2 is 1.04 bits per heavy atom. The minimum Gasteiger partial charge on any atom is -0.465 e.